The Hall–Kier alpha value is -1.03. The quantitative estimate of drug-likeness (QED) is 0.752. The molecule has 78 valence electrons. The Balaban J connectivity index is 2.11. The fraction of sp³-hybridized carbons (Fsp3) is 0.700. The van der Waals surface area contributed by atoms with Gasteiger partial charge in [-0.15, -0.1) is 0 Å². The summed E-state index contributed by atoms with van der Waals surface area (Å²) in [6.45, 7) is 1.56. The monoisotopic (exact) mass is 195 g/mol. The Kier molecular flexibility index (Phi) is 2.23. The zero-order valence-corrected chi connectivity index (χ0v) is 8.57. The number of rotatable bonds is 4. The number of nitrogens with two attached hydrogens (primary N) is 1. The molecule has 0 radical (unpaired) electrons. The van der Waals surface area contributed by atoms with E-state index < -0.39 is 0 Å². The van der Waals surface area contributed by atoms with E-state index in [-0.39, 0.29) is 5.69 Å². The van der Waals surface area contributed by atoms with Gasteiger partial charge in [-0.05, 0) is 31.2 Å². The molecular weight excluding hydrogens is 178 g/mol. The standard InChI is InChI=1S/C10H17N3O/c1-12-6-7-13(9(12)14)8-10(2-3-10)4-5-11/h6-7H,2-5,8,11H2,1H3. The van der Waals surface area contributed by atoms with Crippen LogP contribution < -0.4 is 11.4 Å². The van der Waals surface area contributed by atoms with Crippen LogP contribution in [0.15, 0.2) is 17.2 Å². The van der Waals surface area contributed by atoms with Gasteiger partial charge in [-0.2, -0.15) is 0 Å². The third-order valence-corrected chi connectivity index (χ3v) is 3.16. The maximum atomic E-state index is 11.6. The molecule has 2 rings (SSSR count). The van der Waals surface area contributed by atoms with Gasteiger partial charge in [0, 0.05) is 26.0 Å². The second-order valence-corrected chi connectivity index (χ2v) is 4.36. The minimum atomic E-state index is 0.0771. The van der Waals surface area contributed by atoms with Crippen LogP contribution in [0.2, 0.25) is 0 Å². The zero-order valence-electron chi connectivity index (χ0n) is 8.57. The summed E-state index contributed by atoms with van der Waals surface area (Å²) < 4.78 is 3.40. The van der Waals surface area contributed by atoms with Crippen molar-refractivity contribution in [2.75, 3.05) is 6.54 Å². The third-order valence-electron chi connectivity index (χ3n) is 3.16. The molecule has 1 fully saturated rings. The molecule has 4 nitrogen and oxygen atoms in total. The van der Waals surface area contributed by atoms with Gasteiger partial charge >= 0.3 is 5.69 Å². The van der Waals surface area contributed by atoms with Crippen LogP contribution in [-0.2, 0) is 13.6 Å². The fourth-order valence-corrected chi connectivity index (χ4v) is 1.96. The summed E-state index contributed by atoms with van der Waals surface area (Å²) in [6.07, 6.45) is 7.13. The lowest BCUT2D eigenvalue weighted by Gasteiger charge is -2.13. The molecule has 1 aliphatic carbocycles. The number of hydrogen-bond acceptors (Lipinski definition) is 2. The molecule has 0 atom stereocenters. The molecule has 4 heteroatoms. The van der Waals surface area contributed by atoms with Crippen molar-refractivity contribution in [2.24, 2.45) is 18.2 Å². The van der Waals surface area contributed by atoms with Gasteiger partial charge in [0.25, 0.3) is 0 Å². The van der Waals surface area contributed by atoms with E-state index in [1.54, 1.807) is 22.4 Å². The number of nitrogens with zero attached hydrogens (tertiary/aromatic N) is 2. The van der Waals surface area contributed by atoms with E-state index in [4.69, 9.17) is 5.73 Å². The molecule has 1 heterocycles. The van der Waals surface area contributed by atoms with Crippen LogP contribution in [0.25, 0.3) is 0 Å². The van der Waals surface area contributed by atoms with E-state index in [0.717, 1.165) is 19.5 Å². The van der Waals surface area contributed by atoms with Gasteiger partial charge in [-0.25, -0.2) is 4.79 Å². The summed E-state index contributed by atoms with van der Waals surface area (Å²) in [6, 6.07) is 0. The lowest BCUT2D eigenvalue weighted by molar-refractivity contribution is 0.390. The molecule has 14 heavy (non-hydrogen) atoms. The highest BCUT2D eigenvalue weighted by Crippen LogP contribution is 2.49. The van der Waals surface area contributed by atoms with Gasteiger partial charge < -0.3 is 10.3 Å². The van der Waals surface area contributed by atoms with Gasteiger partial charge in [0.2, 0.25) is 0 Å². The van der Waals surface area contributed by atoms with Crippen molar-refractivity contribution in [3.8, 4) is 0 Å². The number of hydrogen-bond donors (Lipinski definition) is 1. The molecule has 1 aromatic rings. The predicted molar refractivity (Wildman–Crippen MR) is 55.0 cm³/mol. The Morgan fingerprint density at radius 2 is 2.21 bits per heavy atom. The van der Waals surface area contributed by atoms with Crippen molar-refractivity contribution in [1.29, 1.82) is 0 Å². The highest BCUT2D eigenvalue weighted by Gasteiger charge is 2.42. The van der Waals surface area contributed by atoms with Crippen LogP contribution in [0.3, 0.4) is 0 Å². The van der Waals surface area contributed by atoms with Crippen molar-refractivity contribution < 1.29 is 0 Å². The molecule has 1 aromatic heterocycles. The Morgan fingerprint density at radius 1 is 1.50 bits per heavy atom. The average Bonchev–Trinajstić information content (AvgIpc) is 2.85. The largest absolute Gasteiger partial charge is 0.330 e. The van der Waals surface area contributed by atoms with Crippen molar-refractivity contribution >= 4 is 0 Å². The summed E-state index contributed by atoms with van der Waals surface area (Å²) >= 11 is 0. The van der Waals surface area contributed by atoms with Crippen molar-refractivity contribution in [1.82, 2.24) is 9.13 Å². The first-order chi connectivity index (χ1) is 6.67. The predicted octanol–water partition coefficient (Wildman–Crippen LogP) is 0.316. The summed E-state index contributed by atoms with van der Waals surface area (Å²) in [7, 11) is 1.78. The van der Waals surface area contributed by atoms with Crippen LogP contribution in [0, 0.1) is 5.41 Å². The van der Waals surface area contributed by atoms with E-state index in [0.29, 0.717) is 5.41 Å². The summed E-state index contributed by atoms with van der Waals surface area (Å²) in [5.41, 5.74) is 5.97. The Labute approximate surface area is 83.3 Å². The van der Waals surface area contributed by atoms with Gasteiger partial charge in [0.1, 0.15) is 0 Å². The number of aryl methyl sites for hydroxylation is 1. The molecule has 0 unspecified atom stereocenters. The van der Waals surface area contributed by atoms with Gasteiger partial charge in [0.15, 0.2) is 0 Å². The van der Waals surface area contributed by atoms with Crippen LogP contribution in [0.4, 0.5) is 0 Å². The normalized spacial score (nSPS) is 18.4. The molecule has 0 bridgehead atoms. The SMILES string of the molecule is Cn1ccn(CC2(CCN)CC2)c1=O. The molecule has 1 aliphatic rings. The lowest BCUT2D eigenvalue weighted by atomic mass is 10.0. The van der Waals surface area contributed by atoms with E-state index >= 15 is 0 Å². The van der Waals surface area contributed by atoms with E-state index in [1.807, 2.05) is 6.20 Å². The molecule has 0 spiro atoms. The van der Waals surface area contributed by atoms with Crippen LogP contribution in [-0.4, -0.2) is 15.7 Å². The Morgan fingerprint density at radius 3 is 2.64 bits per heavy atom. The van der Waals surface area contributed by atoms with E-state index in [2.05, 4.69) is 0 Å². The molecule has 0 amide bonds. The molecule has 0 saturated heterocycles. The van der Waals surface area contributed by atoms with E-state index in [1.165, 1.54) is 12.8 Å². The molecule has 0 aliphatic heterocycles. The van der Waals surface area contributed by atoms with E-state index in [9.17, 15) is 4.79 Å². The Bertz CT molecular complexity index is 373. The van der Waals surface area contributed by atoms with Gasteiger partial charge in [-0.1, -0.05) is 0 Å². The lowest BCUT2D eigenvalue weighted by Crippen LogP contribution is -2.26. The topological polar surface area (TPSA) is 52.9 Å². The van der Waals surface area contributed by atoms with Crippen molar-refractivity contribution in [3.05, 3.63) is 22.9 Å². The molecule has 1 saturated carbocycles. The van der Waals surface area contributed by atoms with Crippen molar-refractivity contribution in [2.45, 2.75) is 25.8 Å². The smallest absolute Gasteiger partial charge is 0.327 e. The summed E-state index contributed by atoms with van der Waals surface area (Å²) in [5, 5.41) is 0. The number of aromatic nitrogens is 2. The average molecular weight is 195 g/mol. The molecule has 2 N–H and O–H groups in total. The first kappa shape index (κ1) is 9.52. The molecular formula is C10H17N3O. The van der Waals surface area contributed by atoms with Crippen LogP contribution >= 0.6 is 0 Å². The first-order valence-corrected chi connectivity index (χ1v) is 5.09. The maximum absolute atomic E-state index is 11.6. The van der Waals surface area contributed by atoms with Crippen LogP contribution in [0.1, 0.15) is 19.3 Å². The maximum Gasteiger partial charge on any atom is 0.327 e. The van der Waals surface area contributed by atoms with Gasteiger partial charge in [0.05, 0.1) is 0 Å². The summed E-state index contributed by atoms with van der Waals surface area (Å²) in [5.74, 6) is 0. The minimum absolute atomic E-state index is 0.0771. The number of imidazole rings is 1. The highest BCUT2D eigenvalue weighted by molar-refractivity contribution is 4.95. The van der Waals surface area contributed by atoms with Gasteiger partial charge in [-0.3, -0.25) is 4.57 Å². The zero-order chi connectivity index (χ0) is 10.2. The van der Waals surface area contributed by atoms with Crippen molar-refractivity contribution in [3.63, 3.8) is 0 Å². The first-order valence-electron chi connectivity index (χ1n) is 5.09. The minimum Gasteiger partial charge on any atom is -0.330 e. The highest BCUT2D eigenvalue weighted by atomic mass is 16.1. The second-order valence-electron chi connectivity index (χ2n) is 4.36. The summed E-state index contributed by atoms with van der Waals surface area (Å²) in [4.78, 5) is 11.6. The third kappa shape index (κ3) is 1.62. The fourth-order valence-electron chi connectivity index (χ4n) is 1.96. The van der Waals surface area contributed by atoms with Crippen LogP contribution in [0.5, 0.6) is 0 Å². The second kappa shape index (κ2) is 3.28. The molecule has 0 aromatic carbocycles.